The molecule has 0 spiro atoms. The molecule has 5 heteroatoms. The highest BCUT2D eigenvalue weighted by molar-refractivity contribution is 6.18. The number of aromatic nitrogens is 2. The zero-order chi connectivity index (χ0) is 15.1. The molecular weight excluding hydrogens is 291 g/mol. The Balaban J connectivity index is 2.02. The molecule has 21 heavy (non-hydrogen) atoms. The van der Waals surface area contributed by atoms with Crippen molar-refractivity contribution < 1.29 is 9.13 Å². The van der Waals surface area contributed by atoms with E-state index in [-0.39, 0.29) is 5.82 Å². The first-order valence-electron chi connectivity index (χ1n) is 6.64. The minimum Gasteiger partial charge on any atom is -0.492 e. The van der Waals surface area contributed by atoms with Gasteiger partial charge in [0.25, 0.3) is 0 Å². The van der Waals surface area contributed by atoms with Crippen LogP contribution in [0.5, 0.6) is 5.75 Å². The Morgan fingerprint density at radius 2 is 2.29 bits per heavy atom. The van der Waals surface area contributed by atoms with Gasteiger partial charge in [-0.25, -0.2) is 9.37 Å². The third kappa shape index (κ3) is 4.51. The fraction of sp³-hybridized carbons (Fsp3) is 0.312. The van der Waals surface area contributed by atoms with Gasteiger partial charge < -0.3 is 9.30 Å². The van der Waals surface area contributed by atoms with Crippen molar-refractivity contribution in [1.29, 1.82) is 0 Å². The zero-order valence-electron chi connectivity index (χ0n) is 11.8. The minimum absolute atomic E-state index is 0.332. The summed E-state index contributed by atoms with van der Waals surface area (Å²) in [5, 5.41) is 0. The van der Waals surface area contributed by atoms with Crippen molar-refractivity contribution in [2.45, 2.75) is 12.8 Å². The molecule has 2 aromatic rings. The van der Waals surface area contributed by atoms with Gasteiger partial charge in [-0.1, -0.05) is 11.8 Å². The summed E-state index contributed by atoms with van der Waals surface area (Å²) in [7, 11) is 1.93. The molecule has 0 aliphatic rings. The molecule has 1 heterocycles. The van der Waals surface area contributed by atoms with Gasteiger partial charge >= 0.3 is 0 Å². The molecule has 0 radical (unpaired) electrons. The van der Waals surface area contributed by atoms with Crippen molar-refractivity contribution in [2.75, 3.05) is 12.5 Å². The van der Waals surface area contributed by atoms with Crippen LogP contribution in [0.25, 0.3) is 0 Å². The average molecular weight is 307 g/mol. The largest absolute Gasteiger partial charge is 0.492 e. The van der Waals surface area contributed by atoms with Gasteiger partial charge in [0, 0.05) is 38.2 Å². The molecule has 0 fully saturated rings. The lowest BCUT2D eigenvalue weighted by atomic mass is 10.2. The summed E-state index contributed by atoms with van der Waals surface area (Å²) in [6.45, 7) is 0.459. The quantitative estimate of drug-likeness (QED) is 0.627. The number of halogens is 2. The predicted octanol–water partition coefficient (Wildman–Crippen LogP) is 3.16. The highest BCUT2D eigenvalue weighted by Crippen LogP contribution is 2.19. The number of rotatable bonds is 5. The van der Waals surface area contributed by atoms with Gasteiger partial charge in [0.2, 0.25) is 0 Å². The van der Waals surface area contributed by atoms with E-state index in [4.69, 9.17) is 16.3 Å². The highest BCUT2D eigenvalue weighted by Gasteiger charge is 2.05. The summed E-state index contributed by atoms with van der Waals surface area (Å²) in [5.74, 6) is 7.41. The number of ether oxygens (including phenoxy) is 1. The second-order valence-corrected chi connectivity index (χ2v) is 4.81. The SMILES string of the molecule is Cn1ccnc1CCOc1ccc(F)cc1C#CCCCl. The first kappa shape index (κ1) is 15.4. The summed E-state index contributed by atoms with van der Waals surface area (Å²) in [6, 6.07) is 4.33. The van der Waals surface area contributed by atoms with Crippen molar-refractivity contribution >= 4 is 11.6 Å². The molecular formula is C16H16ClFN2O. The van der Waals surface area contributed by atoms with E-state index in [0.29, 0.717) is 36.6 Å². The number of nitrogens with zero attached hydrogens (tertiary/aromatic N) is 2. The maximum Gasteiger partial charge on any atom is 0.135 e. The molecule has 2 rings (SSSR count). The van der Waals surface area contributed by atoms with Crippen molar-refractivity contribution in [3.8, 4) is 17.6 Å². The van der Waals surface area contributed by atoms with Crippen LogP contribution in [0, 0.1) is 17.7 Å². The molecule has 0 saturated heterocycles. The number of hydrogen-bond acceptors (Lipinski definition) is 2. The van der Waals surface area contributed by atoms with E-state index in [2.05, 4.69) is 16.8 Å². The second-order valence-electron chi connectivity index (χ2n) is 4.43. The van der Waals surface area contributed by atoms with Crippen LogP contribution in [-0.2, 0) is 13.5 Å². The second kappa shape index (κ2) is 7.70. The van der Waals surface area contributed by atoms with Crippen LogP contribution in [0.4, 0.5) is 4.39 Å². The summed E-state index contributed by atoms with van der Waals surface area (Å²) in [6.07, 6.45) is 4.87. The van der Waals surface area contributed by atoms with Gasteiger partial charge in [0.1, 0.15) is 17.4 Å². The van der Waals surface area contributed by atoms with E-state index in [1.165, 1.54) is 12.1 Å². The highest BCUT2D eigenvalue weighted by atomic mass is 35.5. The molecule has 0 bridgehead atoms. The number of hydrogen-bond donors (Lipinski definition) is 0. The molecule has 0 N–H and O–H groups in total. The number of alkyl halides is 1. The fourth-order valence-electron chi connectivity index (χ4n) is 1.82. The molecule has 0 unspecified atom stereocenters. The number of benzene rings is 1. The summed E-state index contributed by atoms with van der Waals surface area (Å²) in [5.41, 5.74) is 0.542. The Morgan fingerprint density at radius 3 is 3.00 bits per heavy atom. The molecule has 1 aromatic carbocycles. The lowest BCUT2D eigenvalue weighted by Crippen LogP contribution is -2.07. The van der Waals surface area contributed by atoms with Gasteiger partial charge in [-0.05, 0) is 18.2 Å². The van der Waals surface area contributed by atoms with Crippen molar-refractivity contribution in [3.63, 3.8) is 0 Å². The number of aryl methyl sites for hydroxylation is 1. The Morgan fingerprint density at radius 1 is 1.43 bits per heavy atom. The van der Waals surface area contributed by atoms with E-state index in [1.807, 2.05) is 17.8 Å². The molecule has 1 aromatic heterocycles. The summed E-state index contributed by atoms with van der Waals surface area (Å²) in [4.78, 5) is 4.22. The lowest BCUT2D eigenvalue weighted by molar-refractivity contribution is 0.316. The van der Waals surface area contributed by atoms with Gasteiger partial charge in [-0.2, -0.15) is 0 Å². The molecule has 3 nitrogen and oxygen atoms in total. The van der Waals surface area contributed by atoms with Crippen molar-refractivity contribution in [1.82, 2.24) is 9.55 Å². The topological polar surface area (TPSA) is 27.1 Å². The van der Waals surface area contributed by atoms with Gasteiger partial charge in [0.05, 0.1) is 12.2 Å². The monoisotopic (exact) mass is 306 g/mol. The van der Waals surface area contributed by atoms with Gasteiger partial charge in [0.15, 0.2) is 0 Å². The van der Waals surface area contributed by atoms with Gasteiger partial charge in [-0.3, -0.25) is 0 Å². The Bertz CT molecular complexity index is 658. The van der Waals surface area contributed by atoms with E-state index < -0.39 is 0 Å². The smallest absolute Gasteiger partial charge is 0.135 e. The molecule has 0 aliphatic carbocycles. The standard InChI is InChI=1S/C16H16ClFN2O/c1-20-10-9-19-16(20)7-11-21-15-6-5-14(18)12-13(15)4-2-3-8-17/h5-6,9-10,12H,3,7-8,11H2,1H3. The molecule has 0 atom stereocenters. The van der Waals surface area contributed by atoms with Crippen LogP contribution in [0.3, 0.4) is 0 Å². The lowest BCUT2D eigenvalue weighted by Gasteiger charge is -2.08. The van der Waals surface area contributed by atoms with Crippen molar-refractivity contribution in [3.05, 3.63) is 47.8 Å². The first-order chi connectivity index (χ1) is 10.2. The van der Waals surface area contributed by atoms with E-state index in [0.717, 1.165) is 5.82 Å². The molecule has 110 valence electrons. The normalized spacial score (nSPS) is 10.0. The minimum atomic E-state index is -0.332. The third-order valence-corrected chi connectivity index (χ3v) is 3.08. The van der Waals surface area contributed by atoms with Crippen LogP contribution in [-0.4, -0.2) is 22.0 Å². The van der Waals surface area contributed by atoms with Crippen LogP contribution < -0.4 is 4.74 Å². The Kier molecular flexibility index (Phi) is 5.65. The Labute approximate surface area is 128 Å². The molecule has 0 saturated carbocycles. The molecule has 0 aliphatic heterocycles. The Hall–Kier alpha value is -1.99. The van der Waals surface area contributed by atoms with E-state index in [9.17, 15) is 4.39 Å². The van der Waals surface area contributed by atoms with Crippen LogP contribution in [0.2, 0.25) is 0 Å². The van der Waals surface area contributed by atoms with Gasteiger partial charge in [-0.15, -0.1) is 11.6 Å². The summed E-state index contributed by atoms with van der Waals surface area (Å²) >= 11 is 5.58. The maximum absolute atomic E-state index is 13.3. The van der Waals surface area contributed by atoms with E-state index in [1.54, 1.807) is 12.3 Å². The number of imidazole rings is 1. The summed E-state index contributed by atoms with van der Waals surface area (Å²) < 4.78 is 20.9. The zero-order valence-corrected chi connectivity index (χ0v) is 12.5. The first-order valence-corrected chi connectivity index (χ1v) is 7.17. The maximum atomic E-state index is 13.3. The predicted molar refractivity (Wildman–Crippen MR) is 81.0 cm³/mol. The average Bonchev–Trinajstić information content (AvgIpc) is 2.87. The molecule has 0 amide bonds. The third-order valence-electron chi connectivity index (χ3n) is 2.89. The van der Waals surface area contributed by atoms with Crippen molar-refractivity contribution in [2.24, 2.45) is 7.05 Å². The van der Waals surface area contributed by atoms with E-state index >= 15 is 0 Å². The van der Waals surface area contributed by atoms with Crippen LogP contribution in [0.15, 0.2) is 30.6 Å². The fourth-order valence-corrected chi connectivity index (χ4v) is 1.91. The van der Waals surface area contributed by atoms with Crippen LogP contribution >= 0.6 is 11.6 Å². The van der Waals surface area contributed by atoms with Crippen LogP contribution in [0.1, 0.15) is 17.8 Å².